The van der Waals surface area contributed by atoms with Crippen molar-refractivity contribution in [3.63, 3.8) is 0 Å². The molecule has 0 spiro atoms. The molecule has 4 heterocycles. The fraction of sp³-hybridized carbons (Fsp3) is 0. The summed E-state index contributed by atoms with van der Waals surface area (Å²) in [4.78, 5) is 10.5. The van der Waals surface area contributed by atoms with E-state index in [-0.39, 0.29) is 0 Å². The summed E-state index contributed by atoms with van der Waals surface area (Å²) < 4.78 is 2.71. The number of fused-ring (bicyclic) bond motifs is 5. The number of hydrogen-bond donors (Lipinski definition) is 0. The number of para-hydroxylation sites is 3. The largest absolute Gasteiger partial charge is 0.301 e. The monoisotopic (exact) mass is 665 g/mol. The smallest absolute Gasteiger partial charge is 0.165 e. The van der Waals surface area contributed by atoms with E-state index >= 15 is 0 Å². The van der Waals surface area contributed by atoms with Crippen molar-refractivity contribution in [3.8, 4) is 50.7 Å². The first-order valence-electron chi connectivity index (χ1n) is 17.6. The van der Waals surface area contributed by atoms with Crippen molar-refractivity contribution in [1.82, 2.24) is 19.0 Å². The van der Waals surface area contributed by atoms with Crippen molar-refractivity contribution in [1.29, 1.82) is 0 Å². The van der Waals surface area contributed by atoms with Crippen molar-refractivity contribution in [2.45, 2.75) is 0 Å². The van der Waals surface area contributed by atoms with Gasteiger partial charge in [-0.1, -0.05) is 115 Å². The highest BCUT2D eigenvalue weighted by Gasteiger charge is 2.49. The Morgan fingerprint density at radius 2 is 1.02 bits per heavy atom. The fourth-order valence-corrected chi connectivity index (χ4v) is 8.00. The summed E-state index contributed by atoms with van der Waals surface area (Å²) in [5.41, 5.74) is 14.4. The molecule has 0 amide bonds. The highest BCUT2D eigenvalue weighted by molar-refractivity contribution is 6.12. The lowest BCUT2D eigenvalue weighted by Gasteiger charge is -2.34. The molecule has 0 radical (unpaired) electrons. The first-order chi connectivity index (χ1) is 25.8. The van der Waals surface area contributed by atoms with Crippen LogP contribution in [0.1, 0.15) is 0 Å². The number of nitrogens with zero attached hydrogens (tertiary/aromatic N) is 4. The predicted molar refractivity (Wildman–Crippen MR) is 214 cm³/mol. The Morgan fingerprint density at radius 1 is 0.404 bits per heavy atom. The highest BCUT2D eigenvalue weighted by Crippen LogP contribution is 2.64. The van der Waals surface area contributed by atoms with Crippen molar-refractivity contribution < 1.29 is 0 Å². The minimum absolute atomic E-state index is 0.500. The van der Waals surface area contributed by atoms with Crippen LogP contribution in [0.25, 0.3) is 61.6 Å². The molecule has 3 aromatic heterocycles. The molecule has 0 atom stereocenters. The third-order valence-corrected chi connectivity index (χ3v) is 10.3. The van der Waals surface area contributed by atoms with E-state index in [9.17, 15) is 0 Å². The highest BCUT2D eigenvalue weighted by atomic mass is 15.4. The van der Waals surface area contributed by atoms with E-state index in [0.717, 1.165) is 45.1 Å². The van der Waals surface area contributed by atoms with Crippen LogP contribution < -0.4 is 4.48 Å². The fourth-order valence-electron chi connectivity index (χ4n) is 8.00. The SMILES string of the molecule is c1ccc(-c2cc(-c3ccccc3)nc(-c3cccc(-n4ccc5c6c(ccc54)-c4ccccc4[N+]6(c4ccccc4)c4ccccc4)n3)c2)cc1. The molecule has 0 bridgehead atoms. The number of benzene rings is 6. The van der Waals surface area contributed by atoms with Crippen LogP contribution in [-0.2, 0) is 0 Å². The molecule has 4 nitrogen and oxygen atoms in total. The van der Waals surface area contributed by atoms with Crippen LogP contribution in [0.4, 0.5) is 22.7 Å². The first-order valence-corrected chi connectivity index (χ1v) is 17.6. The summed E-state index contributed by atoms with van der Waals surface area (Å²) in [6, 6.07) is 68.8. The van der Waals surface area contributed by atoms with Gasteiger partial charge in [-0.2, -0.15) is 4.48 Å². The summed E-state index contributed by atoms with van der Waals surface area (Å²) in [6.07, 6.45) is 2.16. The Hall–Kier alpha value is -6.88. The zero-order valence-corrected chi connectivity index (χ0v) is 28.3. The van der Waals surface area contributed by atoms with Gasteiger partial charge in [-0.15, -0.1) is 0 Å². The van der Waals surface area contributed by atoms with Gasteiger partial charge in [-0.05, 0) is 59.7 Å². The van der Waals surface area contributed by atoms with Gasteiger partial charge in [0.25, 0.3) is 0 Å². The Morgan fingerprint density at radius 3 is 1.73 bits per heavy atom. The maximum Gasteiger partial charge on any atom is 0.165 e. The number of quaternary nitrogens is 1. The standard InChI is InChI=1S/C48H33N4/c1-5-16-34(17-6-1)36-32-43(35-18-7-2-8-19-35)49-44(33-36)42-25-15-27-47(50-42)51-31-30-41-45(51)29-28-40-39-24-13-14-26-46(39)52(48(40)41,37-20-9-3-10-21-37)38-22-11-4-12-23-38/h1-33H/q+1. The van der Waals surface area contributed by atoms with Gasteiger partial charge < -0.3 is 4.57 Å². The third kappa shape index (κ3) is 4.66. The summed E-state index contributed by atoms with van der Waals surface area (Å²) in [5, 5.41) is 1.18. The van der Waals surface area contributed by atoms with Crippen LogP contribution in [0.3, 0.4) is 0 Å². The second kappa shape index (κ2) is 12.2. The molecule has 9 aromatic rings. The van der Waals surface area contributed by atoms with Gasteiger partial charge in [0.15, 0.2) is 11.4 Å². The van der Waals surface area contributed by atoms with E-state index in [2.05, 4.69) is 193 Å². The van der Waals surface area contributed by atoms with Crippen LogP contribution in [0, 0.1) is 0 Å². The van der Waals surface area contributed by atoms with Crippen molar-refractivity contribution in [2.75, 3.05) is 0 Å². The van der Waals surface area contributed by atoms with Crippen LogP contribution >= 0.6 is 0 Å². The lowest BCUT2D eigenvalue weighted by Crippen LogP contribution is -2.31. The normalized spacial score (nSPS) is 12.8. The van der Waals surface area contributed by atoms with Gasteiger partial charge in [0.05, 0.1) is 39.1 Å². The first kappa shape index (κ1) is 30.0. The van der Waals surface area contributed by atoms with Gasteiger partial charge in [0.2, 0.25) is 0 Å². The average molecular weight is 666 g/mol. The molecule has 0 fully saturated rings. The number of pyridine rings is 2. The number of rotatable bonds is 6. The molecule has 0 saturated carbocycles. The van der Waals surface area contributed by atoms with Gasteiger partial charge >= 0.3 is 0 Å². The molecule has 1 aliphatic rings. The summed E-state index contributed by atoms with van der Waals surface area (Å²) in [6.45, 7) is 0. The van der Waals surface area contributed by atoms with Gasteiger partial charge in [-0.25, -0.2) is 9.97 Å². The Bertz CT molecular complexity index is 2620. The van der Waals surface area contributed by atoms with E-state index in [1.165, 1.54) is 39.3 Å². The topological polar surface area (TPSA) is 30.7 Å². The van der Waals surface area contributed by atoms with Gasteiger partial charge in [0.1, 0.15) is 17.2 Å². The third-order valence-electron chi connectivity index (χ3n) is 10.3. The maximum absolute atomic E-state index is 5.29. The molecule has 244 valence electrons. The summed E-state index contributed by atoms with van der Waals surface area (Å²) >= 11 is 0. The van der Waals surface area contributed by atoms with E-state index < -0.39 is 0 Å². The molecular weight excluding hydrogens is 633 g/mol. The predicted octanol–water partition coefficient (Wildman–Crippen LogP) is 12.7. The van der Waals surface area contributed by atoms with Crippen LogP contribution in [-0.4, -0.2) is 14.5 Å². The zero-order chi connectivity index (χ0) is 34.5. The Kier molecular flexibility index (Phi) is 7.01. The zero-order valence-electron chi connectivity index (χ0n) is 28.3. The molecule has 0 saturated heterocycles. The minimum Gasteiger partial charge on any atom is -0.301 e. The maximum atomic E-state index is 5.29. The Labute approximate surface area is 302 Å². The van der Waals surface area contributed by atoms with E-state index in [1.54, 1.807) is 0 Å². The molecule has 10 rings (SSSR count). The second-order valence-corrected chi connectivity index (χ2v) is 13.2. The molecule has 0 N–H and O–H groups in total. The molecule has 0 aliphatic carbocycles. The van der Waals surface area contributed by atoms with Crippen molar-refractivity contribution >= 4 is 33.7 Å². The van der Waals surface area contributed by atoms with Crippen LogP contribution in [0.5, 0.6) is 0 Å². The van der Waals surface area contributed by atoms with E-state index in [4.69, 9.17) is 9.97 Å². The quantitative estimate of drug-likeness (QED) is 0.166. The van der Waals surface area contributed by atoms with Crippen molar-refractivity contribution in [3.05, 3.63) is 200 Å². The molecule has 6 aromatic carbocycles. The molecule has 4 heteroatoms. The number of hydrogen-bond acceptors (Lipinski definition) is 2. The van der Waals surface area contributed by atoms with Crippen LogP contribution in [0.2, 0.25) is 0 Å². The lowest BCUT2D eigenvalue weighted by atomic mass is 10.0. The molecular formula is C48H33N4+. The molecule has 1 aliphatic heterocycles. The van der Waals surface area contributed by atoms with Crippen LogP contribution in [0.15, 0.2) is 200 Å². The molecule has 52 heavy (non-hydrogen) atoms. The van der Waals surface area contributed by atoms with Gasteiger partial charge in [0, 0.05) is 42.1 Å². The average Bonchev–Trinajstić information content (AvgIpc) is 3.80. The summed E-state index contributed by atoms with van der Waals surface area (Å²) in [7, 11) is 0. The van der Waals surface area contributed by atoms with E-state index in [1.807, 2.05) is 12.1 Å². The second-order valence-electron chi connectivity index (χ2n) is 13.2. The van der Waals surface area contributed by atoms with Crippen molar-refractivity contribution in [2.24, 2.45) is 0 Å². The number of aromatic nitrogens is 3. The summed E-state index contributed by atoms with van der Waals surface area (Å²) in [5.74, 6) is 0.841. The minimum atomic E-state index is 0.500. The Balaban J connectivity index is 1.17. The molecule has 0 unspecified atom stereocenters. The van der Waals surface area contributed by atoms with Gasteiger partial charge in [-0.3, -0.25) is 0 Å². The lowest BCUT2D eigenvalue weighted by molar-refractivity contribution is 0.726. The van der Waals surface area contributed by atoms with E-state index in [0.29, 0.717) is 4.48 Å².